The van der Waals surface area contributed by atoms with Gasteiger partial charge in [-0.1, -0.05) is 20.3 Å². The van der Waals surface area contributed by atoms with Gasteiger partial charge in [-0.15, -0.1) is 0 Å². The van der Waals surface area contributed by atoms with Gasteiger partial charge in [0.1, 0.15) is 0 Å². The average Bonchev–Trinajstić information content (AvgIpc) is 2.88. The van der Waals surface area contributed by atoms with E-state index in [2.05, 4.69) is 30.9 Å². The summed E-state index contributed by atoms with van der Waals surface area (Å²) in [6, 6.07) is 1.68. The van der Waals surface area contributed by atoms with Crippen LogP contribution < -0.4 is 5.32 Å². The largest absolute Gasteiger partial charge is 0.310 e. The molecule has 2 rings (SSSR count). The Kier molecular flexibility index (Phi) is 3.20. The van der Waals surface area contributed by atoms with E-state index in [1.165, 1.54) is 31.4 Å². The van der Waals surface area contributed by atoms with Crippen LogP contribution in [0.25, 0.3) is 0 Å². The molecule has 0 aromatic heterocycles. The van der Waals surface area contributed by atoms with Crippen LogP contribution in [0.5, 0.6) is 0 Å². The lowest BCUT2D eigenvalue weighted by atomic mass is 10.1. The standard InChI is InChI=1S/C11H21NS/c1-3-9-7-11(9)12-10-5-4-6-13-8(10)2/h8-12H,3-7H2,1-2H3. The van der Waals surface area contributed by atoms with Gasteiger partial charge in [-0.2, -0.15) is 11.8 Å². The molecule has 1 aliphatic carbocycles. The molecule has 1 nitrogen and oxygen atoms in total. The highest BCUT2D eigenvalue weighted by molar-refractivity contribution is 7.99. The van der Waals surface area contributed by atoms with Crippen molar-refractivity contribution in [2.45, 2.75) is 56.9 Å². The fraction of sp³-hybridized carbons (Fsp3) is 1.00. The van der Waals surface area contributed by atoms with E-state index in [4.69, 9.17) is 0 Å². The van der Waals surface area contributed by atoms with Crippen LogP contribution >= 0.6 is 11.8 Å². The zero-order valence-electron chi connectivity index (χ0n) is 8.75. The average molecular weight is 199 g/mol. The Bertz CT molecular complexity index is 171. The Morgan fingerprint density at radius 1 is 1.38 bits per heavy atom. The second-order valence-electron chi connectivity index (χ2n) is 4.50. The van der Waals surface area contributed by atoms with E-state index in [1.54, 1.807) is 0 Å². The molecule has 1 saturated carbocycles. The Morgan fingerprint density at radius 2 is 2.23 bits per heavy atom. The molecule has 76 valence electrons. The first-order valence-electron chi connectivity index (χ1n) is 5.69. The van der Waals surface area contributed by atoms with Crippen molar-refractivity contribution in [3.8, 4) is 0 Å². The first-order chi connectivity index (χ1) is 6.31. The highest BCUT2D eigenvalue weighted by Gasteiger charge is 2.37. The van der Waals surface area contributed by atoms with Crippen LogP contribution in [0.4, 0.5) is 0 Å². The van der Waals surface area contributed by atoms with Crippen LogP contribution in [0.15, 0.2) is 0 Å². The molecule has 0 amide bonds. The minimum Gasteiger partial charge on any atom is -0.310 e. The highest BCUT2D eigenvalue weighted by atomic mass is 32.2. The van der Waals surface area contributed by atoms with Crippen LogP contribution in [0.2, 0.25) is 0 Å². The molecule has 2 fully saturated rings. The summed E-state index contributed by atoms with van der Waals surface area (Å²) in [4.78, 5) is 0. The zero-order valence-corrected chi connectivity index (χ0v) is 9.57. The Hall–Kier alpha value is 0.310. The van der Waals surface area contributed by atoms with Crippen molar-refractivity contribution in [2.75, 3.05) is 5.75 Å². The third kappa shape index (κ3) is 2.41. The molecule has 0 aromatic carbocycles. The Morgan fingerprint density at radius 3 is 2.85 bits per heavy atom. The van der Waals surface area contributed by atoms with Gasteiger partial charge in [0.2, 0.25) is 0 Å². The summed E-state index contributed by atoms with van der Waals surface area (Å²) in [6.45, 7) is 4.69. The predicted molar refractivity (Wildman–Crippen MR) is 60.3 cm³/mol. The molecule has 0 radical (unpaired) electrons. The molecule has 1 saturated heterocycles. The van der Waals surface area contributed by atoms with E-state index in [0.717, 1.165) is 23.3 Å². The molecule has 0 bridgehead atoms. The Labute approximate surface area is 86.0 Å². The van der Waals surface area contributed by atoms with E-state index in [-0.39, 0.29) is 0 Å². The van der Waals surface area contributed by atoms with Gasteiger partial charge in [-0.25, -0.2) is 0 Å². The molecule has 1 heterocycles. The zero-order chi connectivity index (χ0) is 9.26. The molecule has 2 aliphatic rings. The maximum Gasteiger partial charge on any atom is 0.0186 e. The van der Waals surface area contributed by atoms with Gasteiger partial charge in [-0.05, 0) is 30.9 Å². The summed E-state index contributed by atoms with van der Waals surface area (Å²) in [6.07, 6.45) is 5.62. The summed E-state index contributed by atoms with van der Waals surface area (Å²) >= 11 is 2.14. The highest BCUT2D eigenvalue weighted by Crippen LogP contribution is 2.35. The molecular formula is C11H21NS. The quantitative estimate of drug-likeness (QED) is 0.750. The summed E-state index contributed by atoms with van der Waals surface area (Å²) in [5, 5.41) is 4.66. The Balaban J connectivity index is 1.74. The second-order valence-corrected chi connectivity index (χ2v) is 5.99. The van der Waals surface area contributed by atoms with Crippen molar-refractivity contribution in [2.24, 2.45) is 5.92 Å². The van der Waals surface area contributed by atoms with Gasteiger partial charge < -0.3 is 5.32 Å². The fourth-order valence-electron chi connectivity index (χ4n) is 2.32. The van der Waals surface area contributed by atoms with Gasteiger partial charge in [-0.3, -0.25) is 0 Å². The molecule has 0 aromatic rings. The third-order valence-corrected chi connectivity index (χ3v) is 4.86. The van der Waals surface area contributed by atoms with E-state index in [9.17, 15) is 0 Å². The van der Waals surface area contributed by atoms with Crippen LogP contribution in [0.1, 0.15) is 39.5 Å². The molecule has 0 spiro atoms. The fourth-order valence-corrected chi connectivity index (χ4v) is 3.47. The minimum absolute atomic E-state index is 0.806. The number of nitrogens with one attached hydrogen (secondary N) is 1. The van der Waals surface area contributed by atoms with Gasteiger partial charge in [0.05, 0.1) is 0 Å². The lowest BCUT2D eigenvalue weighted by molar-refractivity contribution is 0.447. The number of hydrogen-bond donors (Lipinski definition) is 1. The van der Waals surface area contributed by atoms with Crippen molar-refractivity contribution >= 4 is 11.8 Å². The minimum atomic E-state index is 0.806. The lowest BCUT2D eigenvalue weighted by Gasteiger charge is -2.29. The first-order valence-corrected chi connectivity index (χ1v) is 6.73. The van der Waals surface area contributed by atoms with Crippen molar-refractivity contribution in [3.63, 3.8) is 0 Å². The van der Waals surface area contributed by atoms with Gasteiger partial charge in [0.15, 0.2) is 0 Å². The van der Waals surface area contributed by atoms with Crippen molar-refractivity contribution in [1.82, 2.24) is 5.32 Å². The smallest absolute Gasteiger partial charge is 0.0186 e. The van der Waals surface area contributed by atoms with Crippen molar-refractivity contribution in [1.29, 1.82) is 0 Å². The van der Waals surface area contributed by atoms with Crippen molar-refractivity contribution < 1.29 is 0 Å². The van der Waals surface area contributed by atoms with Gasteiger partial charge in [0, 0.05) is 17.3 Å². The number of thioether (sulfide) groups is 1. The van der Waals surface area contributed by atoms with Gasteiger partial charge in [0.25, 0.3) is 0 Å². The second kappa shape index (κ2) is 4.22. The van der Waals surface area contributed by atoms with E-state index < -0.39 is 0 Å². The van der Waals surface area contributed by atoms with Crippen LogP contribution in [-0.4, -0.2) is 23.1 Å². The molecule has 2 heteroatoms. The monoisotopic (exact) mass is 199 g/mol. The van der Waals surface area contributed by atoms with E-state index in [0.29, 0.717) is 0 Å². The van der Waals surface area contributed by atoms with Crippen LogP contribution in [-0.2, 0) is 0 Å². The molecular weight excluding hydrogens is 178 g/mol. The number of hydrogen-bond acceptors (Lipinski definition) is 2. The third-order valence-electron chi connectivity index (χ3n) is 3.48. The summed E-state index contributed by atoms with van der Waals surface area (Å²) < 4.78 is 0. The van der Waals surface area contributed by atoms with Crippen LogP contribution in [0.3, 0.4) is 0 Å². The predicted octanol–water partition coefficient (Wildman–Crippen LogP) is 2.66. The normalized spacial score (nSPS) is 44.8. The van der Waals surface area contributed by atoms with Crippen LogP contribution in [0, 0.1) is 5.92 Å². The first kappa shape index (κ1) is 9.85. The van der Waals surface area contributed by atoms with Gasteiger partial charge >= 0.3 is 0 Å². The molecule has 1 N–H and O–H groups in total. The lowest BCUT2D eigenvalue weighted by Crippen LogP contribution is -2.41. The molecule has 1 aliphatic heterocycles. The summed E-state index contributed by atoms with van der Waals surface area (Å²) in [7, 11) is 0. The maximum absolute atomic E-state index is 3.82. The molecule has 13 heavy (non-hydrogen) atoms. The molecule has 4 unspecified atom stereocenters. The molecule has 4 atom stereocenters. The summed E-state index contributed by atoms with van der Waals surface area (Å²) in [5.74, 6) is 2.38. The van der Waals surface area contributed by atoms with E-state index >= 15 is 0 Å². The topological polar surface area (TPSA) is 12.0 Å². The number of rotatable bonds is 3. The van der Waals surface area contributed by atoms with Crippen molar-refractivity contribution in [3.05, 3.63) is 0 Å². The van der Waals surface area contributed by atoms with E-state index in [1.807, 2.05) is 0 Å². The maximum atomic E-state index is 3.82. The SMILES string of the molecule is CCC1CC1NC1CCCSC1C. The summed E-state index contributed by atoms with van der Waals surface area (Å²) in [5.41, 5.74) is 0.